The summed E-state index contributed by atoms with van der Waals surface area (Å²) in [6.07, 6.45) is 2.18. The lowest BCUT2D eigenvalue weighted by atomic mass is 9.45. The van der Waals surface area contributed by atoms with E-state index in [0.29, 0.717) is 34.5 Å². The van der Waals surface area contributed by atoms with Gasteiger partial charge >= 0.3 is 5.97 Å². The van der Waals surface area contributed by atoms with Crippen LogP contribution in [-0.4, -0.2) is 36.2 Å². The molecule has 36 heavy (non-hydrogen) atoms. The maximum atomic E-state index is 13.8. The first kappa shape index (κ1) is 24.0. The Balaban J connectivity index is 1.50. The summed E-state index contributed by atoms with van der Waals surface area (Å²) in [4.78, 5) is 26.7. The molecule has 4 unspecified atom stereocenters. The highest BCUT2D eigenvalue weighted by Gasteiger charge is 2.56. The summed E-state index contributed by atoms with van der Waals surface area (Å²) in [5.41, 5.74) is 1.56. The van der Waals surface area contributed by atoms with Crippen molar-refractivity contribution < 1.29 is 14.3 Å². The smallest absolute Gasteiger partial charge is 0.378 e. The van der Waals surface area contributed by atoms with Gasteiger partial charge < -0.3 is 10.1 Å². The predicted molar refractivity (Wildman–Crippen MR) is 140 cm³/mol. The van der Waals surface area contributed by atoms with Crippen molar-refractivity contribution in [3.05, 3.63) is 60.7 Å². The number of carbonyl (C=O) groups is 2. The molecule has 188 valence electrons. The Morgan fingerprint density at radius 2 is 1.50 bits per heavy atom. The molecular formula is C28H33N5O3. The van der Waals surface area contributed by atoms with Crippen LogP contribution in [0, 0.1) is 23.2 Å². The van der Waals surface area contributed by atoms with Gasteiger partial charge in [-0.1, -0.05) is 57.2 Å². The Labute approximate surface area is 212 Å². The first-order chi connectivity index (χ1) is 17.3. The number of nitrogens with one attached hydrogen (secondary N) is 1. The number of amidine groups is 2. The highest BCUT2D eigenvalue weighted by Crippen LogP contribution is 2.61. The summed E-state index contributed by atoms with van der Waals surface area (Å²) in [7, 11) is 0. The second-order valence-electron chi connectivity index (χ2n) is 10.4. The number of fused-ring (bicyclic) bond motifs is 2. The molecule has 0 saturated heterocycles. The molecule has 2 aromatic rings. The van der Waals surface area contributed by atoms with Gasteiger partial charge in [-0.2, -0.15) is 0 Å². The van der Waals surface area contributed by atoms with Crippen LogP contribution in [0.1, 0.15) is 40.5 Å². The fourth-order valence-corrected chi connectivity index (χ4v) is 5.91. The topological polar surface area (TPSA) is 86.6 Å². The molecule has 0 radical (unpaired) electrons. The predicted octanol–water partition coefficient (Wildman–Crippen LogP) is 4.39. The normalized spacial score (nSPS) is 26.3. The Morgan fingerprint density at radius 1 is 0.944 bits per heavy atom. The molecule has 8 heteroatoms. The van der Waals surface area contributed by atoms with Crippen LogP contribution in [0.15, 0.2) is 70.9 Å². The summed E-state index contributed by atoms with van der Waals surface area (Å²) in [6.45, 7) is 8.85. The summed E-state index contributed by atoms with van der Waals surface area (Å²) >= 11 is 0. The highest BCUT2D eigenvalue weighted by molar-refractivity contribution is 6.48. The van der Waals surface area contributed by atoms with Gasteiger partial charge in [-0.25, -0.2) is 14.8 Å². The Kier molecular flexibility index (Phi) is 6.28. The monoisotopic (exact) mass is 487 g/mol. The zero-order valence-electron chi connectivity index (χ0n) is 21.2. The zero-order chi connectivity index (χ0) is 25.4. The van der Waals surface area contributed by atoms with Crippen LogP contribution in [-0.2, 0) is 14.3 Å². The fourth-order valence-electron chi connectivity index (χ4n) is 5.91. The van der Waals surface area contributed by atoms with E-state index in [4.69, 9.17) is 4.74 Å². The number of hydrazone groups is 2. The Morgan fingerprint density at radius 3 is 2.03 bits per heavy atom. The minimum absolute atomic E-state index is 0.0162. The average Bonchev–Trinajstić information content (AvgIpc) is 2.89. The van der Waals surface area contributed by atoms with E-state index >= 15 is 0 Å². The van der Waals surface area contributed by atoms with Crippen LogP contribution in [0.2, 0.25) is 0 Å². The third kappa shape index (κ3) is 4.14. The van der Waals surface area contributed by atoms with Gasteiger partial charge in [0.1, 0.15) is 0 Å². The third-order valence-electron chi connectivity index (χ3n) is 8.12. The van der Waals surface area contributed by atoms with E-state index in [1.54, 1.807) is 6.92 Å². The van der Waals surface area contributed by atoms with Crippen molar-refractivity contribution in [1.82, 2.24) is 5.32 Å². The van der Waals surface area contributed by atoms with Crippen LogP contribution in [0.4, 0.5) is 11.4 Å². The summed E-state index contributed by atoms with van der Waals surface area (Å²) in [6, 6.07) is 18.5. The van der Waals surface area contributed by atoms with Crippen LogP contribution < -0.4 is 15.3 Å². The lowest BCUT2D eigenvalue weighted by Gasteiger charge is -2.62. The zero-order valence-corrected chi connectivity index (χ0v) is 21.2. The molecule has 8 nitrogen and oxygen atoms in total. The van der Waals surface area contributed by atoms with Crippen molar-refractivity contribution >= 4 is 34.9 Å². The summed E-state index contributed by atoms with van der Waals surface area (Å²) in [5, 5.41) is 15.3. The van der Waals surface area contributed by atoms with E-state index in [2.05, 4.69) is 36.3 Å². The molecule has 1 aliphatic heterocycles. The number of esters is 1. The van der Waals surface area contributed by atoms with Crippen molar-refractivity contribution in [3.63, 3.8) is 0 Å². The number of benzene rings is 2. The number of ether oxygens (including phenoxy) is 1. The number of carbonyl (C=O) groups excluding carboxylic acids is 2. The van der Waals surface area contributed by atoms with Crippen molar-refractivity contribution in [2.45, 2.75) is 46.6 Å². The van der Waals surface area contributed by atoms with Crippen LogP contribution in [0.25, 0.3) is 0 Å². The molecule has 6 rings (SSSR count). The van der Waals surface area contributed by atoms with E-state index in [9.17, 15) is 9.59 Å². The van der Waals surface area contributed by atoms with Gasteiger partial charge in [0.05, 0.1) is 18.0 Å². The van der Waals surface area contributed by atoms with E-state index < -0.39 is 5.97 Å². The molecule has 0 aromatic heterocycles. The second-order valence-corrected chi connectivity index (χ2v) is 10.4. The molecule has 3 fully saturated rings. The van der Waals surface area contributed by atoms with Gasteiger partial charge in [0.2, 0.25) is 5.84 Å². The van der Waals surface area contributed by atoms with Crippen LogP contribution >= 0.6 is 0 Å². The molecule has 3 aliphatic carbocycles. The van der Waals surface area contributed by atoms with E-state index in [1.807, 2.05) is 60.7 Å². The molecule has 3 saturated carbocycles. The van der Waals surface area contributed by atoms with Gasteiger partial charge in [0.25, 0.3) is 11.7 Å². The number of amides is 1. The SMILES string of the molecule is CCOC(=O)C1=NN(c2ccccc2)C(C(=O)NC2CC3CC(C2C)C3(C)C)=NN1c1ccccc1. The Bertz CT molecular complexity index is 1190. The number of para-hydroxylation sites is 2. The van der Waals surface area contributed by atoms with Gasteiger partial charge in [0, 0.05) is 6.04 Å². The summed E-state index contributed by atoms with van der Waals surface area (Å²) < 4.78 is 5.28. The van der Waals surface area contributed by atoms with E-state index in [0.717, 1.165) is 6.42 Å². The fraction of sp³-hybridized carbons (Fsp3) is 0.429. The molecule has 1 amide bonds. The highest BCUT2D eigenvalue weighted by atomic mass is 16.5. The van der Waals surface area contributed by atoms with Gasteiger partial charge in [0.15, 0.2) is 0 Å². The Hall–Kier alpha value is -3.68. The number of hydrogen-bond acceptors (Lipinski definition) is 7. The molecular weight excluding hydrogens is 454 g/mol. The van der Waals surface area contributed by atoms with Gasteiger partial charge in [-0.15, -0.1) is 10.2 Å². The quantitative estimate of drug-likeness (QED) is 0.611. The van der Waals surface area contributed by atoms with Crippen LogP contribution in [0.3, 0.4) is 0 Å². The molecule has 1 heterocycles. The van der Waals surface area contributed by atoms with Crippen molar-refractivity contribution in [1.29, 1.82) is 0 Å². The van der Waals surface area contributed by atoms with Crippen molar-refractivity contribution in [2.75, 3.05) is 16.6 Å². The minimum atomic E-state index is -0.617. The number of nitrogens with zero attached hydrogens (tertiary/aromatic N) is 4. The molecule has 4 atom stereocenters. The van der Waals surface area contributed by atoms with E-state index in [1.165, 1.54) is 16.4 Å². The third-order valence-corrected chi connectivity index (χ3v) is 8.12. The van der Waals surface area contributed by atoms with Crippen LogP contribution in [0.5, 0.6) is 0 Å². The number of hydrogen-bond donors (Lipinski definition) is 1. The van der Waals surface area contributed by atoms with Crippen molar-refractivity contribution in [2.24, 2.45) is 33.4 Å². The lowest BCUT2D eigenvalue weighted by molar-refractivity contribution is -0.135. The first-order valence-electron chi connectivity index (χ1n) is 12.7. The standard InChI is InChI=1S/C28H33N5O3/c1-5-36-27(35)25-31-32(20-12-8-6-9-13-20)24(30-33(25)21-14-10-7-11-15-21)26(34)29-23-17-19-16-22(18(23)2)28(19,3)4/h6-15,18-19,22-23H,5,16-17H2,1-4H3,(H,29,34). The molecule has 1 N–H and O–H groups in total. The lowest BCUT2D eigenvalue weighted by Crippen LogP contribution is -2.62. The van der Waals surface area contributed by atoms with Crippen molar-refractivity contribution in [3.8, 4) is 0 Å². The van der Waals surface area contributed by atoms with Gasteiger partial charge in [-0.05, 0) is 67.2 Å². The molecule has 2 bridgehead atoms. The largest absolute Gasteiger partial charge is 0.460 e. The summed E-state index contributed by atoms with van der Waals surface area (Å²) in [5.74, 6) is 0.718. The van der Waals surface area contributed by atoms with E-state index in [-0.39, 0.29) is 30.2 Å². The first-order valence-corrected chi connectivity index (χ1v) is 12.7. The average molecular weight is 488 g/mol. The maximum Gasteiger partial charge on any atom is 0.378 e. The molecule has 4 aliphatic rings. The number of anilines is 2. The minimum Gasteiger partial charge on any atom is -0.460 e. The van der Waals surface area contributed by atoms with Gasteiger partial charge in [-0.3, -0.25) is 4.79 Å². The molecule has 0 spiro atoms. The molecule has 2 aromatic carbocycles. The number of rotatable bonds is 6. The maximum absolute atomic E-state index is 13.8. The second kappa shape index (κ2) is 9.41.